The standard InChI is InChI=1S/C12H15N3O3S/c1-9-4-6-10(7-5-9)19(17,18)13-11-8-14(2)12(16)15(11)3/h4-7H,8H2,1-3H3. The zero-order valence-electron chi connectivity index (χ0n) is 11.0. The topological polar surface area (TPSA) is 70.0 Å². The van der Waals surface area contributed by atoms with E-state index >= 15 is 0 Å². The zero-order chi connectivity index (χ0) is 14.2. The van der Waals surface area contributed by atoms with Crippen molar-refractivity contribution >= 4 is 21.9 Å². The van der Waals surface area contributed by atoms with Crippen molar-refractivity contribution in [2.75, 3.05) is 20.6 Å². The van der Waals surface area contributed by atoms with E-state index in [9.17, 15) is 13.2 Å². The number of amidine groups is 1. The summed E-state index contributed by atoms with van der Waals surface area (Å²) in [6, 6.07) is 6.17. The molecular formula is C12H15N3O3S. The molecule has 0 aliphatic carbocycles. The maximum absolute atomic E-state index is 12.1. The normalized spacial score (nSPS) is 18.5. The van der Waals surface area contributed by atoms with Crippen LogP contribution in [0.3, 0.4) is 0 Å². The van der Waals surface area contributed by atoms with Crippen molar-refractivity contribution in [3.05, 3.63) is 29.8 Å². The molecule has 1 aromatic carbocycles. The van der Waals surface area contributed by atoms with E-state index in [0.717, 1.165) is 5.56 Å². The van der Waals surface area contributed by atoms with Gasteiger partial charge in [0.2, 0.25) is 0 Å². The van der Waals surface area contributed by atoms with Gasteiger partial charge in [0.1, 0.15) is 5.84 Å². The van der Waals surface area contributed by atoms with Crippen LogP contribution in [-0.2, 0) is 10.0 Å². The molecule has 19 heavy (non-hydrogen) atoms. The summed E-state index contributed by atoms with van der Waals surface area (Å²) in [5, 5.41) is 0. The minimum absolute atomic E-state index is 0.126. The molecule has 0 radical (unpaired) electrons. The van der Waals surface area contributed by atoms with Crippen LogP contribution in [0.1, 0.15) is 5.56 Å². The van der Waals surface area contributed by atoms with Crippen molar-refractivity contribution in [3.8, 4) is 0 Å². The quantitative estimate of drug-likeness (QED) is 0.814. The maximum Gasteiger partial charge on any atom is 0.325 e. The molecule has 1 aromatic rings. The van der Waals surface area contributed by atoms with Crippen LogP contribution >= 0.6 is 0 Å². The van der Waals surface area contributed by atoms with Crippen molar-refractivity contribution in [3.63, 3.8) is 0 Å². The van der Waals surface area contributed by atoms with Gasteiger partial charge in [-0.3, -0.25) is 4.90 Å². The molecule has 1 heterocycles. The molecule has 1 saturated heterocycles. The first-order chi connectivity index (χ1) is 8.81. The molecule has 0 N–H and O–H groups in total. The average molecular weight is 281 g/mol. The van der Waals surface area contributed by atoms with Gasteiger partial charge in [0.25, 0.3) is 10.0 Å². The molecule has 1 aliphatic heterocycles. The number of likely N-dealkylation sites (N-methyl/N-ethyl adjacent to an activating group) is 2. The number of urea groups is 1. The number of hydrogen-bond donors (Lipinski definition) is 0. The first-order valence-electron chi connectivity index (χ1n) is 5.70. The Bertz CT molecular complexity index is 635. The Labute approximate surface area is 112 Å². The van der Waals surface area contributed by atoms with Crippen LogP contribution in [0, 0.1) is 6.92 Å². The van der Waals surface area contributed by atoms with E-state index in [4.69, 9.17) is 0 Å². The molecule has 0 atom stereocenters. The summed E-state index contributed by atoms with van der Waals surface area (Å²) in [5.41, 5.74) is 0.972. The number of carbonyl (C=O) groups is 1. The van der Waals surface area contributed by atoms with Crippen LogP contribution in [0.4, 0.5) is 4.79 Å². The third-order valence-corrected chi connectivity index (χ3v) is 4.24. The highest BCUT2D eigenvalue weighted by Gasteiger charge is 2.30. The summed E-state index contributed by atoms with van der Waals surface area (Å²) < 4.78 is 28.0. The zero-order valence-corrected chi connectivity index (χ0v) is 11.8. The molecule has 2 amide bonds. The van der Waals surface area contributed by atoms with Crippen LogP contribution in [-0.4, -0.2) is 50.7 Å². The lowest BCUT2D eigenvalue weighted by Crippen LogP contribution is -2.27. The molecule has 0 spiro atoms. The van der Waals surface area contributed by atoms with Gasteiger partial charge in [0.15, 0.2) is 0 Å². The van der Waals surface area contributed by atoms with E-state index in [1.807, 2.05) is 6.92 Å². The van der Waals surface area contributed by atoms with Crippen molar-refractivity contribution in [1.82, 2.24) is 9.80 Å². The Kier molecular flexibility index (Phi) is 3.32. The minimum Gasteiger partial charge on any atom is -0.320 e. The Morgan fingerprint density at radius 2 is 1.74 bits per heavy atom. The maximum atomic E-state index is 12.1. The van der Waals surface area contributed by atoms with Gasteiger partial charge >= 0.3 is 6.03 Å². The molecule has 0 aromatic heterocycles. The van der Waals surface area contributed by atoms with Crippen molar-refractivity contribution in [1.29, 1.82) is 0 Å². The van der Waals surface area contributed by atoms with Gasteiger partial charge in [-0.25, -0.2) is 4.79 Å². The van der Waals surface area contributed by atoms with E-state index in [1.165, 1.54) is 29.0 Å². The van der Waals surface area contributed by atoms with Gasteiger partial charge in [0, 0.05) is 14.1 Å². The molecule has 2 rings (SSSR count). The van der Waals surface area contributed by atoms with Crippen LogP contribution in [0.5, 0.6) is 0 Å². The first-order valence-corrected chi connectivity index (χ1v) is 7.14. The van der Waals surface area contributed by atoms with E-state index in [0.29, 0.717) is 0 Å². The number of nitrogens with zero attached hydrogens (tertiary/aromatic N) is 3. The number of rotatable bonds is 2. The van der Waals surface area contributed by atoms with E-state index in [2.05, 4.69) is 4.40 Å². The Balaban J connectivity index is 2.37. The second-order valence-corrected chi connectivity index (χ2v) is 6.10. The van der Waals surface area contributed by atoms with Gasteiger partial charge in [-0.1, -0.05) is 17.7 Å². The van der Waals surface area contributed by atoms with Gasteiger partial charge in [0.05, 0.1) is 11.4 Å². The number of sulfonamides is 1. The average Bonchev–Trinajstić information content (AvgIpc) is 2.57. The molecule has 102 valence electrons. The van der Waals surface area contributed by atoms with Crippen LogP contribution < -0.4 is 0 Å². The van der Waals surface area contributed by atoms with Crippen molar-refractivity contribution in [2.45, 2.75) is 11.8 Å². The van der Waals surface area contributed by atoms with Crippen LogP contribution in [0.25, 0.3) is 0 Å². The predicted octanol–water partition coefficient (Wildman–Crippen LogP) is 1.08. The molecule has 0 saturated carbocycles. The second kappa shape index (κ2) is 4.65. The fraction of sp³-hybridized carbons (Fsp3) is 0.333. The SMILES string of the molecule is Cc1ccc(S(=O)(=O)N=C2CN(C)C(=O)N2C)cc1. The first kappa shape index (κ1) is 13.5. The Morgan fingerprint density at radius 1 is 1.16 bits per heavy atom. The largest absolute Gasteiger partial charge is 0.325 e. The Morgan fingerprint density at radius 3 is 2.21 bits per heavy atom. The fourth-order valence-electron chi connectivity index (χ4n) is 1.74. The molecule has 0 unspecified atom stereocenters. The molecule has 7 heteroatoms. The highest BCUT2D eigenvalue weighted by atomic mass is 32.2. The monoisotopic (exact) mass is 281 g/mol. The van der Waals surface area contributed by atoms with Crippen LogP contribution in [0.2, 0.25) is 0 Å². The molecule has 6 nitrogen and oxygen atoms in total. The third kappa shape index (κ3) is 2.60. The summed E-state index contributed by atoms with van der Waals surface area (Å²) in [6.07, 6.45) is 0. The lowest BCUT2D eigenvalue weighted by atomic mass is 10.2. The van der Waals surface area contributed by atoms with E-state index in [-0.39, 0.29) is 23.3 Å². The van der Waals surface area contributed by atoms with Gasteiger partial charge in [-0.05, 0) is 19.1 Å². The number of hydrogen-bond acceptors (Lipinski definition) is 3. The summed E-state index contributed by atoms with van der Waals surface area (Å²) >= 11 is 0. The second-order valence-electron chi connectivity index (χ2n) is 4.49. The molecule has 1 aliphatic rings. The fourth-order valence-corrected chi connectivity index (χ4v) is 2.79. The third-order valence-electron chi connectivity index (χ3n) is 2.92. The summed E-state index contributed by atoms with van der Waals surface area (Å²) in [7, 11) is -0.666. The van der Waals surface area contributed by atoms with Gasteiger partial charge in [-0.15, -0.1) is 4.40 Å². The summed E-state index contributed by atoms with van der Waals surface area (Å²) in [6.45, 7) is 2.07. The summed E-state index contributed by atoms with van der Waals surface area (Å²) in [5.74, 6) is 0.230. The van der Waals surface area contributed by atoms with E-state index < -0.39 is 10.0 Å². The smallest absolute Gasteiger partial charge is 0.320 e. The minimum atomic E-state index is -3.77. The van der Waals surface area contributed by atoms with Crippen LogP contribution in [0.15, 0.2) is 33.6 Å². The number of amides is 2. The van der Waals surface area contributed by atoms with Crippen molar-refractivity contribution in [2.24, 2.45) is 4.40 Å². The molecule has 1 fully saturated rings. The van der Waals surface area contributed by atoms with Gasteiger partial charge in [-0.2, -0.15) is 8.42 Å². The summed E-state index contributed by atoms with van der Waals surface area (Å²) in [4.78, 5) is 14.3. The van der Waals surface area contributed by atoms with E-state index in [1.54, 1.807) is 19.2 Å². The van der Waals surface area contributed by atoms with Crippen molar-refractivity contribution < 1.29 is 13.2 Å². The molecular weight excluding hydrogens is 266 g/mol. The number of benzene rings is 1. The Hall–Kier alpha value is -1.89. The lowest BCUT2D eigenvalue weighted by Gasteiger charge is -2.08. The number of carbonyl (C=O) groups excluding carboxylic acids is 1. The van der Waals surface area contributed by atoms with Gasteiger partial charge < -0.3 is 4.90 Å². The predicted molar refractivity (Wildman–Crippen MR) is 71.6 cm³/mol. The molecule has 0 bridgehead atoms. The number of aryl methyl sites for hydroxylation is 1. The lowest BCUT2D eigenvalue weighted by molar-refractivity contribution is 0.209. The highest BCUT2D eigenvalue weighted by Crippen LogP contribution is 2.16. The highest BCUT2D eigenvalue weighted by molar-refractivity contribution is 7.90.